The summed E-state index contributed by atoms with van der Waals surface area (Å²) in [6.45, 7) is 0.318. The highest BCUT2D eigenvalue weighted by molar-refractivity contribution is 9.10. The lowest BCUT2D eigenvalue weighted by molar-refractivity contribution is 0.284. The van der Waals surface area contributed by atoms with Crippen molar-refractivity contribution in [1.29, 1.82) is 5.26 Å². The van der Waals surface area contributed by atoms with E-state index in [0.29, 0.717) is 28.7 Å². The number of halogens is 2. The predicted octanol–water partition coefficient (Wildman–Crippen LogP) is 7.91. The maximum Gasteiger partial charge on any atom is 0.162 e. The highest BCUT2D eigenvalue weighted by Crippen LogP contribution is 2.36. The average molecular weight is 505 g/mol. The molecule has 0 amide bonds. The topological polar surface area (TPSA) is 42.2 Å². The smallest absolute Gasteiger partial charge is 0.162 e. The fourth-order valence-corrected chi connectivity index (χ4v) is 4.02. The van der Waals surface area contributed by atoms with E-state index in [1.165, 1.54) is 0 Å². The van der Waals surface area contributed by atoms with E-state index in [2.05, 4.69) is 28.1 Å². The molecule has 4 aromatic rings. The van der Waals surface area contributed by atoms with Crippen molar-refractivity contribution < 1.29 is 9.47 Å². The molecule has 4 rings (SSSR count). The predicted molar refractivity (Wildman–Crippen MR) is 134 cm³/mol. The SMILES string of the molecule is COc1cc(/C=C(/C#N)c2ccc3ccccc3c2)c(Br)cc1OCc1ccccc1Cl. The Labute approximate surface area is 200 Å². The van der Waals surface area contributed by atoms with Crippen LogP contribution in [-0.4, -0.2) is 7.11 Å². The first kappa shape index (κ1) is 22.0. The lowest BCUT2D eigenvalue weighted by atomic mass is 10.00. The standard InChI is InChI=1S/C27H19BrClNO2/c1-31-26-14-22(24(28)15-27(26)32-17-21-8-4-5-9-25(21)29)13-23(16-30)20-11-10-18-6-2-3-7-19(18)12-20/h2-15H,17H2,1H3/b23-13-. The molecule has 0 heterocycles. The van der Waals surface area contributed by atoms with Crippen LogP contribution in [0.4, 0.5) is 0 Å². The van der Waals surface area contributed by atoms with Crippen LogP contribution in [0.2, 0.25) is 5.02 Å². The number of allylic oxidation sites excluding steroid dienone is 1. The van der Waals surface area contributed by atoms with E-state index < -0.39 is 0 Å². The Morgan fingerprint density at radius 3 is 2.47 bits per heavy atom. The normalized spacial score (nSPS) is 11.2. The Balaban J connectivity index is 1.65. The van der Waals surface area contributed by atoms with Gasteiger partial charge in [0.15, 0.2) is 11.5 Å². The molecule has 158 valence electrons. The van der Waals surface area contributed by atoms with Crippen molar-refractivity contribution in [2.45, 2.75) is 6.61 Å². The first-order valence-corrected chi connectivity index (χ1v) is 11.1. The molecule has 0 aliphatic carbocycles. The van der Waals surface area contributed by atoms with Crippen molar-refractivity contribution in [3.63, 3.8) is 0 Å². The van der Waals surface area contributed by atoms with Crippen molar-refractivity contribution in [3.05, 3.63) is 105 Å². The number of ether oxygens (including phenoxy) is 2. The molecule has 0 saturated heterocycles. The highest BCUT2D eigenvalue weighted by Gasteiger charge is 2.12. The zero-order valence-corrected chi connectivity index (χ0v) is 19.7. The number of nitrogens with zero attached hydrogens (tertiary/aromatic N) is 1. The van der Waals surface area contributed by atoms with Gasteiger partial charge in [0.2, 0.25) is 0 Å². The molecule has 3 nitrogen and oxygen atoms in total. The lowest BCUT2D eigenvalue weighted by Crippen LogP contribution is -1.99. The van der Waals surface area contributed by atoms with Crippen LogP contribution in [-0.2, 0) is 6.61 Å². The first-order valence-electron chi connectivity index (χ1n) is 9.94. The van der Waals surface area contributed by atoms with Gasteiger partial charge in [-0.15, -0.1) is 0 Å². The van der Waals surface area contributed by atoms with Crippen molar-refractivity contribution in [3.8, 4) is 17.6 Å². The summed E-state index contributed by atoms with van der Waals surface area (Å²) in [6, 6.07) is 27.7. The molecule has 4 aromatic carbocycles. The number of methoxy groups -OCH3 is 1. The molecule has 0 saturated carbocycles. The van der Waals surface area contributed by atoms with Crippen LogP contribution in [0.25, 0.3) is 22.4 Å². The number of benzene rings is 4. The van der Waals surface area contributed by atoms with E-state index in [-0.39, 0.29) is 0 Å². The van der Waals surface area contributed by atoms with Crippen molar-refractivity contribution in [2.75, 3.05) is 7.11 Å². The highest BCUT2D eigenvalue weighted by atomic mass is 79.9. The fourth-order valence-electron chi connectivity index (χ4n) is 3.40. The minimum absolute atomic E-state index is 0.318. The molecule has 0 radical (unpaired) electrons. The Kier molecular flexibility index (Phi) is 6.80. The molecule has 0 aliphatic heterocycles. The van der Waals surface area contributed by atoms with Crippen LogP contribution in [0.3, 0.4) is 0 Å². The number of rotatable bonds is 6. The molecule has 0 N–H and O–H groups in total. The zero-order valence-electron chi connectivity index (χ0n) is 17.3. The van der Waals surface area contributed by atoms with Crippen LogP contribution in [0, 0.1) is 11.3 Å². The summed E-state index contributed by atoms with van der Waals surface area (Å²) >= 11 is 9.84. The van der Waals surface area contributed by atoms with Gasteiger partial charge in [-0.2, -0.15) is 5.26 Å². The fraction of sp³-hybridized carbons (Fsp3) is 0.0741. The van der Waals surface area contributed by atoms with Gasteiger partial charge in [-0.1, -0.05) is 82.1 Å². The number of hydrogen-bond acceptors (Lipinski definition) is 3. The Hall–Kier alpha value is -3.26. The summed E-state index contributed by atoms with van der Waals surface area (Å²) < 4.78 is 12.3. The van der Waals surface area contributed by atoms with Gasteiger partial charge < -0.3 is 9.47 Å². The summed E-state index contributed by atoms with van der Waals surface area (Å²) in [5.41, 5.74) is 3.12. The number of hydrogen-bond donors (Lipinski definition) is 0. The molecule has 0 aromatic heterocycles. The largest absolute Gasteiger partial charge is 0.493 e. The maximum atomic E-state index is 9.82. The third kappa shape index (κ3) is 4.80. The Bertz CT molecular complexity index is 1360. The molecule has 0 fully saturated rings. The van der Waals surface area contributed by atoms with E-state index >= 15 is 0 Å². The van der Waals surface area contributed by atoms with Gasteiger partial charge in [0, 0.05) is 15.1 Å². The molecular weight excluding hydrogens is 486 g/mol. The Morgan fingerprint density at radius 1 is 0.969 bits per heavy atom. The van der Waals surface area contributed by atoms with Gasteiger partial charge in [-0.25, -0.2) is 0 Å². The molecule has 5 heteroatoms. The van der Waals surface area contributed by atoms with Gasteiger partial charge in [0.1, 0.15) is 6.61 Å². The maximum absolute atomic E-state index is 9.82. The van der Waals surface area contributed by atoms with Crippen LogP contribution in [0.1, 0.15) is 16.7 Å². The van der Waals surface area contributed by atoms with Crippen LogP contribution in [0.5, 0.6) is 11.5 Å². The second-order valence-electron chi connectivity index (χ2n) is 7.14. The summed E-state index contributed by atoms with van der Waals surface area (Å²) in [6.07, 6.45) is 1.84. The molecule has 0 atom stereocenters. The summed E-state index contributed by atoms with van der Waals surface area (Å²) in [5.74, 6) is 1.16. The molecule has 0 unspecified atom stereocenters. The second-order valence-corrected chi connectivity index (χ2v) is 8.40. The van der Waals surface area contributed by atoms with E-state index in [4.69, 9.17) is 21.1 Å². The van der Waals surface area contributed by atoms with Gasteiger partial charge in [-0.3, -0.25) is 0 Å². The third-order valence-corrected chi connectivity index (χ3v) is 6.16. The molecule has 0 aliphatic rings. The average Bonchev–Trinajstić information content (AvgIpc) is 2.82. The minimum atomic E-state index is 0.318. The summed E-state index contributed by atoms with van der Waals surface area (Å²) in [4.78, 5) is 0. The molecule has 32 heavy (non-hydrogen) atoms. The molecule has 0 bridgehead atoms. The first-order chi connectivity index (χ1) is 15.6. The van der Waals surface area contributed by atoms with E-state index in [1.807, 2.05) is 78.9 Å². The van der Waals surface area contributed by atoms with E-state index in [0.717, 1.165) is 31.9 Å². The van der Waals surface area contributed by atoms with E-state index in [9.17, 15) is 5.26 Å². The minimum Gasteiger partial charge on any atom is -0.493 e. The van der Waals surface area contributed by atoms with Crippen molar-refractivity contribution in [2.24, 2.45) is 0 Å². The second kappa shape index (κ2) is 9.91. The van der Waals surface area contributed by atoms with Gasteiger partial charge in [0.05, 0.1) is 18.8 Å². The monoisotopic (exact) mass is 503 g/mol. The Morgan fingerprint density at radius 2 is 1.72 bits per heavy atom. The number of fused-ring (bicyclic) bond motifs is 1. The van der Waals surface area contributed by atoms with E-state index in [1.54, 1.807) is 7.11 Å². The zero-order chi connectivity index (χ0) is 22.5. The van der Waals surface area contributed by atoms with Gasteiger partial charge >= 0.3 is 0 Å². The van der Waals surface area contributed by atoms with Crippen LogP contribution >= 0.6 is 27.5 Å². The van der Waals surface area contributed by atoms with Crippen LogP contribution < -0.4 is 9.47 Å². The molecule has 0 spiro atoms. The van der Waals surface area contributed by atoms with Crippen molar-refractivity contribution in [1.82, 2.24) is 0 Å². The van der Waals surface area contributed by atoms with Crippen LogP contribution in [0.15, 0.2) is 83.3 Å². The molecular formula is C27H19BrClNO2. The third-order valence-electron chi connectivity index (χ3n) is 5.10. The summed E-state index contributed by atoms with van der Waals surface area (Å²) in [5, 5.41) is 12.7. The van der Waals surface area contributed by atoms with Gasteiger partial charge in [0.25, 0.3) is 0 Å². The number of nitriles is 1. The summed E-state index contributed by atoms with van der Waals surface area (Å²) in [7, 11) is 1.59. The quantitative estimate of drug-likeness (QED) is 0.198. The lowest BCUT2D eigenvalue weighted by Gasteiger charge is -2.14. The van der Waals surface area contributed by atoms with Gasteiger partial charge in [-0.05, 0) is 52.2 Å². The van der Waals surface area contributed by atoms with Crippen molar-refractivity contribution >= 4 is 50.0 Å².